The van der Waals surface area contributed by atoms with Crippen molar-refractivity contribution in [3.8, 4) is 12.3 Å². The Morgan fingerprint density at radius 2 is 2.50 bits per heavy atom. The minimum Gasteiger partial charge on any atom is -0.453 e. The van der Waals surface area contributed by atoms with Crippen molar-refractivity contribution in [1.29, 1.82) is 0 Å². The molecular weight excluding hydrogens is 260 g/mol. The number of methoxy groups -OCH3 is 1. The number of carbonyl (C=O) groups is 2. The van der Waals surface area contributed by atoms with Gasteiger partial charge in [0.05, 0.1) is 19.3 Å². The molecule has 7 heteroatoms. The van der Waals surface area contributed by atoms with Crippen molar-refractivity contribution < 1.29 is 14.3 Å². The molecular formula is C13H16N4O3. The van der Waals surface area contributed by atoms with E-state index in [1.54, 1.807) is 11.1 Å². The van der Waals surface area contributed by atoms with E-state index >= 15 is 0 Å². The second kappa shape index (κ2) is 6.10. The maximum absolute atomic E-state index is 12.1. The van der Waals surface area contributed by atoms with Crippen LogP contribution in [-0.4, -0.2) is 47.1 Å². The first-order chi connectivity index (χ1) is 9.65. The van der Waals surface area contributed by atoms with Gasteiger partial charge in [0.25, 0.3) is 0 Å². The predicted molar refractivity (Wildman–Crippen MR) is 70.6 cm³/mol. The largest absolute Gasteiger partial charge is 0.453 e. The standard InChI is InChI=1S/C13H16N4O3/c1-3-9-7-14-12(16-9)10-5-4-6-17(10)11(18)8-15-13(19)20-2/h1,7,10H,4-6,8H2,2H3,(H,14,16)(H,15,19)/t10-/m0/s1. The molecule has 106 valence electrons. The molecule has 1 fully saturated rings. The molecule has 0 saturated carbocycles. The Balaban J connectivity index is 2.01. The highest BCUT2D eigenvalue weighted by Crippen LogP contribution is 2.29. The molecule has 1 aromatic rings. The van der Waals surface area contributed by atoms with E-state index in [1.165, 1.54) is 7.11 Å². The second-order valence-electron chi connectivity index (χ2n) is 4.42. The fraction of sp³-hybridized carbons (Fsp3) is 0.462. The van der Waals surface area contributed by atoms with Crippen molar-refractivity contribution in [3.63, 3.8) is 0 Å². The molecule has 0 aromatic carbocycles. The van der Waals surface area contributed by atoms with Crippen LogP contribution in [0.25, 0.3) is 0 Å². The molecule has 2 amide bonds. The molecule has 2 N–H and O–H groups in total. The highest BCUT2D eigenvalue weighted by Gasteiger charge is 2.31. The molecule has 0 aliphatic carbocycles. The topological polar surface area (TPSA) is 87.3 Å². The fourth-order valence-corrected chi connectivity index (χ4v) is 2.25. The van der Waals surface area contributed by atoms with Gasteiger partial charge >= 0.3 is 6.09 Å². The summed E-state index contributed by atoms with van der Waals surface area (Å²) in [5.41, 5.74) is 0.590. The number of alkyl carbamates (subject to hydrolysis) is 1. The monoisotopic (exact) mass is 276 g/mol. The number of imidazole rings is 1. The number of amides is 2. The van der Waals surface area contributed by atoms with Crippen molar-refractivity contribution in [2.45, 2.75) is 18.9 Å². The van der Waals surface area contributed by atoms with Crippen molar-refractivity contribution in [2.75, 3.05) is 20.2 Å². The number of nitrogens with zero attached hydrogens (tertiary/aromatic N) is 2. The first-order valence-electron chi connectivity index (χ1n) is 6.28. The Morgan fingerprint density at radius 1 is 1.70 bits per heavy atom. The number of hydrogen-bond acceptors (Lipinski definition) is 4. The summed E-state index contributed by atoms with van der Waals surface area (Å²) in [7, 11) is 1.25. The Labute approximate surface area is 116 Å². The number of terminal acetylenes is 1. The Hall–Kier alpha value is -2.49. The number of hydrogen-bond donors (Lipinski definition) is 2. The number of aromatic amines is 1. The summed E-state index contributed by atoms with van der Waals surface area (Å²) in [4.78, 5) is 32.0. The summed E-state index contributed by atoms with van der Waals surface area (Å²) >= 11 is 0. The first kappa shape index (κ1) is 13.9. The lowest BCUT2D eigenvalue weighted by Crippen LogP contribution is -2.40. The van der Waals surface area contributed by atoms with E-state index in [2.05, 4.69) is 25.9 Å². The molecule has 20 heavy (non-hydrogen) atoms. The number of carbonyl (C=O) groups excluding carboxylic acids is 2. The highest BCUT2D eigenvalue weighted by atomic mass is 16.5. The Morgan fingerprint density at radius 3 is 3.15 bits per heavy atom. The molecule has 2 heterocycles. The SMILES string of the molecule is C#Cc1cnc([C@@H]2CCCN2C(=O)CNC(=O)OC)[nH]1. The van der Waals surface area contributed by atoms with Gasteiger partial charge in [-0.15, -0.1) is 6.42 Å². The van der Waals surface area contributed by atoms with E-state index in [0.29, 0.717) is 18.1 Å². The van der Waals surface area contributed by atoms with E-state index < -0.39 is 6.09 Å². The van der Waals surface area contributed by atoms with E-state index in [0.717, 1.165) is 12.8 Å². The molecule has 0 bridgehead atoms. The average molecular weight is 276 g/mol. The van der Waals surface area contributed by atoms with Crippen LogP contribution in [0.3, 0.4) is 0 Å². The predicted octanol–water partition coefficient (Wildman–Crippen LogP) is 0.410. The van der Waals surface area contributed by atoms with Gasteiger partial charge in [-0.3, -0.25) is 4.79 Å². The van der Waals surface area contributed by atoms with Crippen molar-refractivity contribution in [1.82, 2.24) is 20.2 Å². The molecule has 7 nitrogen and oxygen atoms in total. The smallest absolute Gasteiger partial charge is 0.407 e. The fourth-order valence-electron chi connectivity index (χ4n) is 2.25. The van der Waals surface area contributed by atoms with Crippen molar-refractivity contribution in [3.05, 3.63) is 17.7 Å². The molecule has 0 spiro atoms. The van der Waals surface area contributed by atoms with Gasteiger partial charge in [0, 0.05) is 6.54 Å². The average Bonchev–Trinajstić information content (AvgIpc) is 3.11. The van der Waals surface area contributed by atoms with Gasteiger partial charge in [-0.1, -0.05) is 5.92 Å². The molecule has 0 unspecified atom stereocenters. The van der Waals surface area contributed by atoms with Crippen molar-refractivity contribution in [2.24, 2.45) is 0 Å². The lowest BCUT2D eigenvalue weighted by atomic mass is 10.2. The zero-order valence-corrected chi connectivity index (χ0v) is 11.2. The molecule has 1 aliphatic rings. The number of H-pyrrole nitrogens is 1. The maximum atomic E-state index is 12.1. The van der Waals surface area contributed by atoms with E-state index in [1.807, 2.05) is 0 Å². The summed E-state index contributed by atoms with van der Waals surface area (Å²) in [6.07, 6.45) is 7.95. The molecule has 1 atom stereocenters. The zero-order chi connectivity index (χ0) is 14.5. The van der Waals surface area contributed by atoms with Gasteiger partial charge in [-0.25, -0.2) is 9.78 Å². The number of aromatic nitrogens is 2. The summed E-state index contributed by atoms with van der Waals surface area (Å²) in [6.45, 7) is 0.546. The lowest BCUT2D eigenvalue weighted by Gasteiger charge is -2.23. The first-order valence-corrected chi connectivity index (χ1v) is 6.28. The summed E-state index contributed by atoms with van der Waals surface area (Å²) in [5, 5.41) is 2.38. The maximum Gasteiger partial charge on any atom is 0.407 e. The van der Waals surface area contributed by atoms with E-state index in [-0.39, 0.29) is 18.5 Å². The molecule has 2 rings (SSSR count). The van der Waals surface area contributed by atoms with Crippen LogP contribution in [0.15, 0.2) is 6.20 Å². The van der Waals surface area contributed by atoms with Gasteiger partial charge in [0.2, 0.25) is 5.91 Å². The van der Waals surface area contributed by atoms with Crippen LogP contribution in [0.4, 0.5) is 4.79 Å². The summed E-state index contributed by atoms with van der Waals surface area (Å²) < 4.78 is 4.43. The van der Waals surface area contributed by atoms with Crippen LogP contribution < -0.4 is 5.32 Å². The van der Waals surface area contributed by atoms with Gasteiger partial charge < -0.3 is 19.9 Å². The van der Waals surface area contributed by atoms with Gasteiger partial charge in [0.1, 0.15) is 18.1 Å². The van der Waals surface area contributed by atoms with Crippen LogP contribution in [-0.2, 0) is 9.53 Å². The quantitative estimate of drug-likeness (QED) is 0.783. The van der Waals surface area contributed by atoms with E-state index in [4.69, 9.17) is 6.42 Å². The highest BCUT2D eigenvalue weighted by molar-refractivity contribution is 5.82. The van der Waals surface area contributed by atoms with Gasteiger partial charge in [-0.2, -0.15) is 0 Å². The number of nitrogens with one attached hydrogen (secondary N) is 2. The summed E-state index contributed by atoms with van der Waals surface area (Å²) in [5.74, 6) is 2.98. The number of ether oxygens (including phenoxy) is 1. The van der Waals surface area contributed by atoms with Crippen LogP contribution in [0.1, 0.15) is 30.4 Å². The van der Waals surface area contributed by atoms with Gasteiger partial charge in [0.15, 0.2) is 0 Å². The van der Waals surface area contributed by atoms with Crippen LogP contribution in [0.2, 0.25) is 0 Å². The van der Waals surface area contributed by atoms with Crippen LogP contribution >= 0.6 is 0 Å². The third-order valence-electron chi connectivity index (χ3n) is 3.21. The number of rotatable bonds is 3. The molecule has 1 aliphatic heterocycles. The minimum absolute atomic E-state index is 0.0914. The lowest BCUT2D eigenvalue weighted by molar-refractivity contribution is -0.131. The number of likely N-dealkylation sites (tertiary alicyclic amines) is 1. The molecule has 1 saturated heterocycles. The second-order valence-corrected chi connectivity index (χ2v) is 4.42. The van der Waals surface area contributed by atoms with Crippen LogP contribution in [0, 0.1) is 12.3 Å². The molecule has 1 aromatic heterocycles. The molecule has 0 radical (unpaired) electrons. The van der Waals surface area contributed by atoms with Crippen molar-refractivity contribution >= 4 is 12.0 Å². The third kappa shape index (κ3) is 2.91. The Bertz CT molecular complexity index is 546. The summed E-state index contributed by atoms with van der Waals surface area (Å²) in [6, 6.07) is -0.121. The Kier molecular flexibility index (Phi) is 4.25. The minimum atomic E-state index is -0.623. The normalized spacial score (nSPS) is 17.6. The van der Waals surface area contributed by atoms with Crippen LogP contribution in [0.5, 0.6) is 0 Å². The van der Waals surface area contributed by atoms with Gasteiger partial charge in [-0.05, 0) is 12.8 Å². The van der Waals surface area contributed by atoms with E-state index in [9.17, 15) is 9.59 Å². The third-order valence-corrected chi connectivity index (χ3v) is 3.21. The zero-order valence-electron chi connectivity index (χ0n) is 11.2.